The van der Waals surface area contributed by atoms with Crippen molar-refractivity contribution in [1.82, 2.24) is 4.98 Å². The van der Waals surface area contributed by atoms with E-state index in [1.165, 1.54) is 19.2 Å². The number of carbonyl (C=O) groups excluding carboxylic acids is 1. The van der Waals surface area contributed by atoms with E-state index in [0.29, 0.717) is 29.5 Å². The summed E-state index contributed by atoms with van der Waals surface area (Å²) >= 11 is 5.85. The molecule has 1 atom stereocenters. The second-order valence-corrected chi connectivity index (χ2v) is 6.63. The van der Waals surface area contributed by atoms with Crippen LogP contribution in [-0.2, 0) is 4.79 Å². The van der Waals surface area contributed by atoms with Gasteiger partial charge in [-0.15, -0.1) is 0 Å². The van der Waals surface area contributed by atoms with Gasteiger partial charge in [-0.25, -0.2) is 9.37 Å². The molecule has 1 amide bonds. The van der Waals surface area contributed by atoms with Crippen molar-refractivity contribution in [3.63, 3.8) is 0 Å². The number of anilines is 1. The van der Waals surface area contributed by atoms with Gasteiger partial charge in [0.2, 0.25) is 11.8 Å². The predicted octanol–water partition coefficient (Wildman–Crippen LogP) is 4.89. The Balaban J connectivity index is 1.84. The number of hydrogen-bond acceptors (Lipinski definition) is 3. The molecule has 0 saturated heterocycles. The van der Waals surface area contributed by atoms with Crippen molar-refractivity contribution in [1.29, 1.82) is 0 Å². The highest BCUT2D eigenvalue weighted by atomic mass is 35.5. The van der Waals surface area contributed by atoms with Gasteiger partial charge < -0.3 is 10.1 Å². The van der Waals surface area contributed by atoms with Gasteiger partial charge in [0.25, 0.3) is 0 Å². The van der Waals surface area contributed by atoms with E-state index >= 15 is 0 Å². The summed E-state index contributed by atoms with van der Waals surface area (Å²) in [4.78, 5) is 17.1. The van der Waals surface area contributed by atoms with Gasteiger partial charge >= 0.3 is 0 Å². The molecule has 3 rings (SSSR count). The maximum absolute atomic E-state index is 13.4. The molecule has 1 N–H and O–H groups in total. The number of nitrogens with one attached hydrogen (secondary N) is 1. The Bertz CT molecular complexity index is 793. The molecule has 0 aliphatic heterocycles. The summed E-state index contributed by atoms with van der Waals surface area (Å²) in [6, 6.07) is 6.29. The summed E-state index contributed by atoms with van der Waals surface area (Å²) < 4.78 is 18.6. The molecule has 1 aromatic heterocycles. The van der Waals surface area contributed by atoms with Crippen LogP contribution in [-0.4, -0.2) is 18.0 Å². The summed E-state index contributed by atoms with van der Waals surface area (Å²) in [6.45, 7) is 1.90. The highest BCUT2D eigenvalue weighted by Gasteiger charge is 2.26. The molecule has 0 radical (unpaired) electrons. The van der Waals surface area contributed by atoms with E-state index in [0.717, 1.165) is 18.4 Å². The van der Waals surface area contributed by atoms with Gasteiger partial charge in [0, 0.05) is 6.20 Å². The van der Waals surface area contributed by atoms with Gasteiger partial charge in [-0.05, 0) is 54.5 Å². The van der Waals surface area contributed by atoms with Crippen LogP contribution in [0.25, 0.3) is 0 Å². The van der Waals surface area contributed by atoms with Crippen molar-refractivity contribution in [3.05, 3.63) is 52.4 Å². The minimum Gasteiger partial charge on any atom is -0.480 e. The molecule has 4 nitrogen and oxygen atoms in total. The molecule has 2 aromatic rings. The number of methoxy groups -OCH3 is 1. The van der Waals surface area contributed by atoms with Crippen LogP contribution in [0.4, 0.5) is 10.1 Å². The first-order chi connectivity index (χ1) is 12.0. The molecule has 25 heavy (non-hydrogen) atoms. The zero-order valence-corrected chi connectivity index (χ0v) is 14.9. The normalized spacial score (nSPS) is 14.9. The van der Waals surface area contributed by atoms with Crippen LogP contribution in [0.5, 0.6) is 5.88 Å². The number of nitrogens with zero attached hydrogens (tertiary/aromatic N) is 1. The third-order valence-electron chi connectivity index (χ3n) is 4.44. The Morgan fingerprint density at radius 1 is 1.44 bits per heavy atom. The zero-order valence-electron chi connectivity index (χ0n) is 14.2. The molecule has 1 saturated carbocycles. The molecule has 0 spiro atoms. The minimum absolute atomic E-state index is 0.0127. The molecular weight excluding hydrogens is 343 g/mol. The average Bonchev–Trinajstić information content (AvgIpc) is 3.43. The molecule has 0 bridgehead atoms. The zero-order chi connectivity index (χ0) is 18.0. The molecule has 1 heterocycles. The van der Waals surface area contributed by atoms with Crippen LogP contribution in [0.1, 0.15) is 49.1 Å². The monoisotopic (exact) mass is 362 g/mol. The molecular formula is C19H20ClFN2O2. The van der Waals surface area contributed by atoms with Gasteiger partial charge in [0.15, 0.2) is 0 Å². The Morgan fingerprint density at radius 3 is 2.80 bits per heavy atom. The number of carbonyl (C=O) groups is 1. The Hall–Kier alpha value is -2.14. The Morgan fingerprint density at radius 2 is 2.20 bits per heavy atom. The maximum atomic E-state index is 13.4. The lowest BCUT2D eigenvalue weighted by molar-refractivity contribution is -0.117. The van der Waals surface area contributed by atoms with Crippen molar-refractivity contribution in [2.45, 2.75) is 38.0 Å². The van der Waals surface area contributed by atoms with E-state index in [4.69, 9.17) is 16.3 Å². The Kier molecular flexibility index (Phi) is 5.23. The van der Waals surface area contributed by atoms with Crippen LogP contribution >= 0.6 is 11.6 Å². The van der Waals surface area contributed by atoms with Crippen LogP contribution in [0.15, 0.2) is 30.5 Å². The lowest BCUT2D eigenvalue weighted by Crippen LogP contribution is -2.21. The highest BCUT2D eigenvalue weighted by Crippen LogP contribution is 2.41. The first-order valence-corrected chi connectivity index (χ1v) is 8.71. The number of halogens is 2. The molecule has 6 heteroatoms. The third-order valence-corrected chi connectivity index (χ3v) is 4.73. The first-order valence-electron chi connectivity index (χ1n) is 8.33. The van der Waals surface area contributed by atoms with Gasteiger partial charge in [-0.3, -0.25) is 4.79 Å². The van der Waals surface area contributed by atoms with Gasteiger partial charge in [0.1, 0.15) is 11.5 Å². The number of hydrogen-bond donors (Lipinski definition) is 1. The van der Waals surface area contributed by atoms with Crippen LogP contribution in [0.3, 0.4) is 0 Å². The summed E-state index contributed by atoms with van der Waals surface area (Å²) in [5.74, 6) is -0.231. The number of rotatable bonds is 6. The average molecular weight is 363 g/mol. The van der Waals surface area contributed by atoms with Crippen molar-refractivity contribution in [2.24, 2.45) is 0 Å². The predicted molar refractivity (Wildman–Crippen MR) is 95.8 cm³/mol. The Labute approximate surface area is 151 Å². The SMILES string of the molecule is CC[C@H](C(=O)Nc1cc(C2CC2)cnc1OC)c1ccc(F)c(Cl)c1. The maximum Gasteiger partial charge on any atom is 0.237 e. The fourth-order valence-corrected chi connectivity index (χ4v) is 3.07. The van der Waals surface area contributed by atoms with E-state index in [9.17, 15) is 9.18 Å². The molecule has 1 aromatic carbocycles. The number of benzene rings is 1. The van der Waals surface area contributed by atoms with Crippen LogP contribution < -0.4 is 10.1 Å². The second kappa shape index (κ2) is 7.40. The van der Waals surface area contributed by atoms with E-state index in [2.05, 4.69) is 10.3 Å². The molecule has 132 valence electrons. The number of pyridine rings is 1. The highest BCUT2D eigenvalue weighted by molar-refractivity contribution is 6.30. The van der Waals surface area contributed by atoms with Gasteiger partial charge in [-0.2, -0.15) is 0 Å². The lowest BCUT2D eigenvalue weighted by Gasteiger charge is -2.17. The largest absolute Gasteiger partial charge is 0.480 e. The molecule has 1 fully saturated rings. The standard InChI is InChI=1S/C19H20ClFN2O2/c1-3-14(12-6-7-16(21)15(20)8-12)18(24)23-17-9-13(11-4-5-11)10-22-19(17)25-2/h6-11,14H,3-5H2,1-2H3,(H,23,24)/t14-/m0/s1. The summed E-state index contributed by atoms with van der Waals surface area (Å²) in [7, 11) is 1.52. The molecule has 1 aliphatic carbocycles. The summed E-state index contributed by atoms with van der Waals surface area (Å²) in [6.07, 6.45) is 4.65. The second-order valence-electron chi connectivity index (χ2n) is 6.22. The van der Waals surface area contributed by atoms with E-state index in [1.54, 1.807) is 12.3 Å². The van der Waals surface area contributed by atoms with Crippen LogP contribution in [0, 0.1) is 5.82 Å². The fourth-order valence-electron chi connectivity index (χ4n) is 2.88. The van der Waals surface area contributed by atoms with Gasteiger partial charge in [-0.1, -0.05) is 24.6 Å². The van der Waals surface area contributed by atoms with E-state index < -0.39 is 11.7 Å². The first kappa shape index (κ1) is 17.7. The van der Waals surface area contributed by atoms with E-state index in [-0.39, 0.29) is 10.9 Å². The van der Waals surface area contributed by atoms with Crippen LogP contribution in [0.2, 0.25) is 5.02 Å². The lowest BCUT2D eigenvalue weighted by atomic mass is 9.95. The van der Waals surface area contributed by atoms with Crippen molar-refractivity contribution in [3.8, 4) is 5.88 Å². The number of ether oxygens (including phenoxy) is 1. The smallest absolute Gasteiger partial charge is 0.237 e. The van der Waals surface area contributed by atoms with E-state index in [1.807, 2.05) is 13.0 Å². The molecule has 0 unspecified atom stereocenters. The number of amides is 1. The molecule has 1 aliphatic rings. The van der Waals surface area contributed by atoms with Gasteiger partial charge in [0.05, 0.1) is 18.1 Å². The summed E-state index contributed by atoms with van der Waals surface area (Å²) in [5.41, 5.74) is 2.34. The third kappa shape index (κ3) is 3.93. The van der Waals surface area contributed by atoms with Crippen molar-refractivity contribution >= 4 is 23.2 Å². The number of aromatic nitrogens is 1. The summed E-state index contributed by atoms with van der Waals surface area (Å²) in [5, 5.41) is 2.92. The topological polar surface area (TPSA) is 51.2 Å². The van der Waals surface area contributed by atoms with Crippen molar-refractivity contribution < 1.29 is 13.9 Å². The van der Waals surface area contributed by atoms with Crippen molar-refractivity contribution in [2.75, 3.05) is 12.4 Å². The fraction of sp³-hybridized carbons (Fsp3) is 0.368. The minimum atomic E-state index is -0.497. The quantitative estimate of drug-likeness (QED) is 0.795.